The highest BCUT2D eigenvalue weighted by molar-refractivity contribution is 5.98. The molecule has 200 valence electrons. The summed E-state index contributed by atoms with van der Waals surface area (Å²) in [6.07, 6.45) is 2.71. The van der Waals surface area contributed by atoms with Gasteiger partial charge in [-0.05, 0) is 59.7 Å². The molecule has 0 aliphatic carbocycles. The van der Waals surface area contributed by atoms with Crippen molar-refractivity contribution in [3.05, 3.63) is 89.1 Å². The second-order valence-corrected chi connectivity index (χ2v) is 8.00. The van der Waals surface area contributed by atoms with Crippen molar-refractivity contribution in [3.8, 4) is 17.2 Å². The van der Waals surface area contributed by atoms with Crippen molar-refractivity contribution >= 4 is 35.1 Å². The molecule has 0 aliphatic heterocycles. The van der Waals surface area contributed by atoms with Crippen LogP contribution in [0.2, 0.25) is 0 Å². The first-order chi connectivity index (χ1) is 18.9. The average molecular weight is 536 g/mol. The van der Waals surface area contributed by atoms with E-state index in [0.717, 1.165) is 0 Å². The first kappa shape index (κ1) is 26.8. The van der Waals surface area contributed by atoms with E-state index in [0.29, 0.717) is 27.8 Å². The van der Waals surface area contributed by atoms with Gasteiger partial charge in [-0.1, -0.05) is 12.1 Å². The molecule has 1 aromatic heterocycles. The number of carbonyl (C=O) groups is 2. The Kier molecular flexibility index (Phi) is 8.46. The molecule has 0 spiro atoms. The third-order valence-electron chi connectivity index (χ3n) is 5.34. The van der Waals surface area contributed by atoms with Gasteiger partial charge in [-0.15, -0.1) is 0 Å². The lowest BCUT2D eigenvalue weighted by molar-refractivity contribution is -0.123. The maximum Gasteiger partial charge on any atom is 0.287 e. The lowest BCUT2D eigenvalue weighted by Gasteiger charge is -2.05. The van der Waals surface area contributed by atoms with Gasteiger partial charge in [-0.3, -0.25) is 9.59 Å². The van der Waals surface area contributed by atoms with Crippen LogP contribution >= 0.6 is 0 Å². The van der Waals surface area contributed by atoms with E-state index in [9.17, 15) is 18.4 Å². The number of hydrogen-bond donors (Lipinski definition) is 3. The summed E-state index contributed by atoms with van der Waals surface area (Å²) in [7, 11) is 2.70. The topological polar surface area (TPSA) is 126 Å². The summed E-state index contributed by atoms with van der Waals surface area (Å²) >= 11 is 0. The van der Waals surface area contributed by atoms with Gasteiger partial charge in [-0.2, -0.15) is 10.2 Å². The Morgan fingerprint density at radius 2 is 1.46 bits per heavy atom. The van der Waals surface area contributed by atoms with Crippen molar-refractivity contribution in [1.29, 1.82) is 0 Å². The largest absolute Gasteiger partial charge is 0.494 e. The fourth-order valence-electron chi connectivity index (χ4n) is 3.42. The summed E-state index contributed by atoms with van der Waals surface area (Å²) in [5, 5.41) is 8.39. The second kappa shape index (κ2) is 12.3. The molecule has 0 fully saturated rings. The van der Waals surface area contributed by atoms with Crippen LogP contribution in [0.5, 0.6) is 17.2 Å². The number of nitrogens with one attached hydrogen (secondary N) is 3. The summed E-state index contributed by atoms with van der Waals surface area (Å²) in [5.41, 5.74) is 6.72. The molecule has 0 radical (unpaired) electrons. The van der Waals surface area contributed by atoms with Crippen molar-refractivity contribution in [2.75, 3.05) is 20.8 Å². The monoisotopic (exact) mass is 535 g/mol. The molecule has 2 amide bonds. The van der Waals surface area contributed by atoms with E-state index in [4.69, 9.17) is 14.2 Å². The minimum Gasteiger partial charge on any atom is -0.494 e. The van der Waals surface area contributed by atoms with Gasteiger partial charge in [0.25, 0.3) is 11.8 Å². The summed E-state index contributed by atoms with van der Waals surface area (Å²) in [5.74, 6) is -1.47. The number of amides is 2. The molecule has 0 bridgehead atoms. The Balaban J connectivity index is 1.30. The molecular weight excluding hydrogens is 512 g/mol. The van der Waals surface area contributed by atoms with Crippen LogP contribution in [-0.2, 0) is 4.79 Å². The number of aromatic nitrogens is 1. The zero-order valence-electron chi connectivity index (χ0n) is 20.8. The number of benzene rings is 3. The van der Waals surface area contributed by atoms with Gasteiger partial charge >= 0.3 is 0 Å². The third-order valence-corrected chi connectivity index (χ3v) is 5.34. The number of fused-ring (bicyclic) bond motifs is 1. The predicted octanol–water partition coefficient (Wildman–Crippen LogP) is 3.76. The molecule has 4 aromatic rings. The zero-order valence-corrected chi connectivity index (χ0v) is 20.8. The Hall–Kier alpha value is -5.26. The van der Waals surface area contributed by atoms with Crippen LogP contribution in [0, 0.1) is 11.6 Å². The smallest absolute Gasteiger partial charge is 0.287 e. The molecule has 0 atom stereocenters. The maximum absolute atomic E-state index is 13.5. The molecule has 3 N–H and O–H groups in total. The molecule has 0 unspecified atom stereocenters. The SMILES string of the molecule is COc1cc(/C=N/NC(=O)COc2ccc3[nH]c(C(=O)N/N=C/c4ccc(F)c(OC)c4)cc3c2)ccc1F. The van der Waals surface area contributed by atoms with Gasteiger partial charge in [0, 0.05) is 10.9 Å². The number of H-pyrrole nitrogens is 1. The van der Waals surface area contributed by atoms with E-state index in [1.807, 2.05) is 0 Å². The zero-order chi connectivity index (χ0) is 27.8. The third kappa shape index (κ3) is 6.95. The number of aromatic amines is 1. The Labute approximate surface area is 221 Å². The maximum atomic E-state index is 13.5. The normalized spacial score (nSPS) is 11.2. The second-order valence-electron chi connectivity index (χ2n) is 8.00. The fourth-order valence-corrected chi connectivity index (χ4v) is 3.42. The van der Waals surface area contributed by atoms with E-state index in [2.05, 4.69) is 26.0 Å². The van der Waals surface area contributed by atoms with Crippen LogP contribution < -0.4 is 25.1 Å². The molecule has 1 heterocycles. The van der Waals surface area contributed by atoms with Gasteiger partial charge in [0.1, 0.15) is 11.4 Å². The molecule has 3 aromatic carbocycles. The Bertz CT molecular complexity index is 1570. The van der Waals surface area contributed by atoms with Crippen molar-refractivity contribution in [2.24, 2.45) is 10.2 Å². The quantitative estimate of drug-likeness (QED) is 0.211. The summed E-state index contributed by atoms with van der Waals surface area (Å²) < 4.78 is 42.3. The number of nitrogens with zero attached hydrogens (tertiary/aromatic N) is 2. The average Bonchev–Trinajstić information content (AvgIpc) is 3.37. The minimum atomic E-state index is -0.508. The van der Waals surface area contributed by atoms with E-state index in [1.54, 1.807) is 24.3 Å². The molecule has 0 saturated heterocycles. The molecular formula is C27H23F2N5O5. The van der Waals surface area contributed by atoms with Gasteiger partial charge < -0.3 is 19.2 Å². The number of carbonyl (C=O) groups excluding carboxylic acids is 2. The first-order valence-electron chi connectivity index (χ1n) is 11.4. The highest BCUT2D eigenvalue weighted by Gasteiger charge is 2.10. The summed E-state index contributed by atoms with van der Waals surface area (Å²) in [6.45, 7) is -0.309. The van der Waals surface area contributed by atoms with Gasteiger partial charge in [0.2, 0.25) is 0 Å². The standard InChI is InChI=1S/C27H23F2N5O5/c1-37-24-9-16(3-6-20(24)28)13-30-33-26(35)15-39-19-5-8-22-18(11-19)12-23(32-22)27(36)34-31-14-17-4-7-21(29)25(10-17)38-2/h3-14,32H,15H2,1-2H3,(H,33,35)(H,34,36)/b30-13+,31-14+. The highest BCUT2D eigenvalue weighted by Crippen LogP contribution is 2.22. The number of ether oxygens (including phenoxy) is 3. The van der Waals surface area contributed by atoms with E-state index in [1.165, 1.54) is 63.0 Å². The molecule has 4 rings (SSSR count). The first-order valence-corrected chi connectivity index (χ1v) is 11.4. The Morgan fingerprint density at radius 3 is 2.08 bits per heavy atom. The molecule has 0 aliphatic rings. The molecule has 12 heteroatoms. The van der Waals surface area contributed by atoms with Gasteiger partial charge in [-0.25, -0.2) is 19.6 Å². The predicted molar refractivity (Wildman–Crippen MR) is 140 cm³/mol. The van der Waals surface area contributed by atoms with Crippen LogP contribution in [0.15, 0.2) is 70.9 Å². The molecule has 10 nitrogen and oxygen atoms in total. The van der Waals surface area contributed by atoms with Crippen LogP contribution in [-0.4, -0.2) is 50.1 Å². The minimum absolute atomic E-state index is 0.0631. The van der Waals surface area contributed by atoms with Gasteiger partial charge in [0.15, 0.2) is 29.7 Å². The van der Waals surface area contributed by atoms with Crippen molar-refractivity contribution in [3.63, 3.8) is 0 Å². The molecule has 39 heavy (non-hydrogen) atoms. The number of hydrogen-bond acceptors (Lipinski definition) is 7. The number of rotatable bonds is 10. The fraction of sp³-hybridized carbons (Fsp3) is 0.111. The van der Waals surface area contributed by atoms with Crippen LogP contribution in [0.3, 0.4) is 0 Å². The van der Waals surface area contributed by atoms with Crippen molar-refractivity contribution in [1.82, 2.24) is 15.8 Å². The molecule has 0 saturated carbocycles. The lowest BCUT2D eigenvalue weighted by atomic mass is 10.2. The summed E-state index contributed by atoms with van der Waals surface area (Å²) in [6, 6.07) is 15.0. The van der Waals surface area contributed by atoms with Crippen molar-refractivity contribution in [2.45, 2.75) is 0 Å². The number of halogens is 2. The number of methoxy groups -OCH3 is 2. The van der Waals surface area contributed by atoms with E-state index < -0.39 is 23.4 Å². The number of hydrazone groups is 2. The highest BCUT2D eigenvalue weighted by atomic mass is 19.1. The van der Waals surface area contributed by atoms with Crippen LogP contribution in [0.25, 0.3) is 10.9 Å². The van der Waals surface area contributed by atoms with E-state index >= 15 is 0 Å². The van der Waals surface area contributed by atoms with Crippen LogP contribution in [0.4, 0.5) is 8.78 Å². The van der Waals surface area contributed by atoms with Crippen molar-refractivity contribution < 1.29 is 32.6 Å². The summed E-state index contributed by atoms with van der Waals surface area (Å²) in [4.78, 5) is 27.5. The van der Waals surface area contributed by atoms with E-state index in [-0.39, 0.29) is 23.8 Å². The lowest BCUT2D eigenvalue weighted by Crippen LogP contribution is -2.24. The van der Waals surface area contributed by atoms with Crippen LogP contribution in [0.1, 0.15) is 21.6 Å². The van der Waals surface area contributed by atoms with Gasteiger partial charge in [0.05, 0.1) is 26.6 Å². The Morgan fingerprint density at radius 1 is 0.846 bits per heavy atom.